The Labute approximate surface area is 229 Å². The molecule has 0 radical (unpaired) electrons. The highest BCUT2D eigenvalue weighted by Crippen LogP contribution is 2.41. The van der Waals surface area contributed by atoms with E-state index >= 15 is 0 Å². The highest BCUT2D eigenvalue weighted by Gasteiger charge is 2.31. The standard InChI is InChI=1S/C34H46O4/c1-7-11-12-20-33(36,8-2)21-19-27-13-14-28(22-25(27)5)34(9-3,10-4)29-15-17-31(26(6)23-29)37-24-30-16-18-32(35)38-30/h13-17,19,21-23,36H,7-12,18,20,24H2,1-6H3. The molecule has 1 atom stereocenters. The molecule has 1 heterocycles. The van der Waals surface area contributed by atoms with Crippen LogP contribution in [0.25, 0.3) is 6.08 Å². The van der Waals surface area contributed by atoms with Gasteiger partial charge in [0.05, 0.1) is 12.0 Å². The number of unbranched alkanes of at least 4 members (excludes halogenated alkanes) is 2. The van der Waals surface area contributed by atoms with Crippen molar-refractivity contribution < 1.29 is 19.4 Å². The number of aliphatic hydroxyl groups is 1. The Bertz CT molecular complexity index is 1160. The second kappa shape index (κ2) is 13.3. The topological polar surface area (TPSA) is 55.8 Å². The van der Waals surface area contributed by atoms with Crippen LogP contribution in [0.15, 0.2) is 54.3 Å². The Hall–Kier alpha value is -2.85. The maximum absolute atomic E-state index is 11.3. The largest absolute Gasteiger partial charge is 0.485 e. The summed E-state index contributed by atoms with van der Waals surface area (Å²) in [4.78, 5) is 11.3. The predicted octanol–water partition coefficient (Wildman–Crippen LogP) is 8.35. The van der Waals surface area contributed by atoms with Crippen LogP contribution >= 0.6 is 0 Å². The minimum atomic E-state index is -0.742. The third-order valence-electron chi connectivity index (χ3n) is 8.27. The number of carbonyl (C=O) groups excluding carboxylic acids is 1. The first-order chi connectivity index (χ1) is 18.2. The van der Waals surface area contributed by atoms with Gasteiger partial charge in [0, 0.05) is 5.41 Å². The number of benzene rings is 2. The van der Waals surface area contributed by atoms with Crippen molar-refractivity contribution in [2.75, 3.05) is 6.61 Å². The van der Waals surface area contributed by atoms with Crippen LogP contribution in [-0.4, -0.2) is 23.3 Å². The van der Waals surface area contributed by atoms with Crippen molar-refractivity contribution in [3.63, 3.8) is 0 Å². The summed E-state index contributed by atoms with van der Waals surface area (Å²) in [6.45, 7) is 13.2. The van der Waals surface area contributed by atoms with Gasteiger partial charge in [0.25, 0.3) is 0 Å². The number of hydrogen-bond donors (Lipinski definition) is 1. The van der Waals surface area contributed by atoms with E-state index in [1.807, 2.05) is 12.1 Å². The summed E-state index contributed by atoms with van der Waals surface area (Å²) in [6.07, 6.45) is 13.0. The summed E-state index contributed by atoms with van der Waals surface area (Å²) in [5.41, 5.74) is 5.17. The van der Waals surface area contributed by atoms with Gasteiger partial charge in [-0.25, -0.2) is 0 Å². The fourth-order valence-corrected chi connectivity index (χ4v) is 5.47. The molecule has 0 saturated carbocycles. The van der Waals surface area contributed by atoms with Gasteiger partial charge in [-0.15, -0.1) is 0 Å². The van der Waals surface area contributed by atoms with E-state index in [4.69, 9.17) is 9.47 Å². The number of aryl methyl sites for hydroxylation is 2. The van der Waals surface area contributed by atoms with Crippen LogP contribution in [-0.2, 0) is 14.9 Å². The minimum Gasteiger partial charge on any atom is -0.485 e. The Morgan fingerprint density at radius 2 is 1.63 bits per heavy atom. The molecule has 0 bridgehead atoms. The molecular weight excluding hydrogens is 472 g/mol. The molecule has 2 aromatic carbocycles. The van der Waals surface area contributed by atoms with E-state index in [9.17, 15) is 9.90 Å². The number of esters is 1. The third kappa shape index (κ3) is 6.96. The minimum absolute atomic E-state index is 0.107. The molecule has 0 saturated heterocycles. The number of rotatable bonds is 14. The lowest BCUT2D eigenvalue weighted by Crippen LogP contribution is -2.26. The fraction of sp³-hybridized carbons (Fsp3) is 0.500. The molecule has 206 valence electrons. The Morgan fingerprint density at radius 3 is 2.18 bits per heavy atom. The first kappa shape index (κ1) is 29.7. The number of hydrogen-bond acceptors (Lipinski definition) is 4. The first-order valence-corrected chi connectivity index (χ1v) is 14.4. The first-order valence-electron chi connectivity index (χ1n) is 14.4. The second-order valence-corrected chi connectivity index (χ2v) is 10.7. The Morgan fingerprint density at radius 1 is 0.947 bits per heavy atom. The fourth-order valence-electron chi connectivity index (χ4n) is 5.47. The zero-order valence-electron chi connectivity index (χ0n) is 24.2. The number of ether oxygens (including phenoxy) is 2. The van der Waals surface area contributed by atoms with E-state index < -0.39 is 5.60 Å². The maximum Gasteiger partial charge on any atom is 0.314 e. The maximum atomic E-state index is 11.3. The quantitative estimate of drug-likeness (QED) is 0.202. The van der Waals surface area contributed by atoms with Crippen molar-refractivity contribution in [3.05, 3.63) is 82.1 Å². The molecule has 0 fully saturated rings. The summed E-state index contributed by atoms with van der Waals surface area (Å²) in [6, 6.07) is 13.2. The molecule has 1 N–H and O–H groups in total. The average Bonchev–Trinajstić information content (AvgIpc) is 3.33. The van der Waals surface area contributed by atoms with Gasteiger partial charge in [-0.05, 0) is 79.5 Å². The highest BCUT2D eigenvalue weighted by atomic mass is 16.6. The molecule has 0 aliphatic carbocycles. The van der Waals surface area contributed by atoms with Crippen molar-refractivity contribution in [2.45, 2.75) is 104 Å². The van der Waals surface area contributed by atoms with Crippen LogP contribution in [0, 0.1) is 13.8 Å². The molecule has 1 aliphatic rings. The van der Waals surface area contributed by atoms with Gasteiger partial charge in [-0.2, -0.15) is 0 Å². The van der Waals surface area contributed by atoms with Crippen molar-refractivity contribution in [1.82, 2.24) is 0 Å². The Balaban J connectivity index is 1.83. The molecule has 0 amide bonds. The normalized spacial score (nSPS) is 15.4. The predicted molar refractivity (Wildman–Crippen MR) is 156 cm³/mol. The van der Waals surface area contributed by atoms with Gasteiger partial charge in [-0.3, -0.25) is 4.79 Å². The lowest BCUT2D eigenvalue weighted by atomic mass is 9.70. The Kier molecular flexibility index (Phi) is 10.4. The van der Waals surface area contributed by atoms with E-state index in [1.165, 1.54) is 16.7 Å². The molecule has 1 unspecified atom stereocenters. The molecule has 38 heavy (non-hydrogen) atoms. The van der Waals surface area contributed by atoms with E-state index in [1.54, 1.807) is 6.08 Å². The van der Waals surface area contributed by atoms with Crippen molar-refractivity contribution in [3.8, 4) is 5.75 Å². The monoisotopic (exact) mass is 518 g/mol. The molecular formula is C34H46O4. The second-order valence-electron chi connectivity index (χ2n) is 10.7. The summed E-state index contributed by atoms with van der Waals surface area (Å²) in [5, 5.41) is 11.0. The van der Waals surface area contributed by atoms with Crippen LogP contribution in [0.4, 0.5) is 0 Å². The molecule has 3 rings (SSSR count). The van der Waals surface area contributed by atoms with Gasteiger partial charge in [0.2, 0.25) is 0 Å². The summed E-state index contributed by atoms with van der Waals surface area (Å²) < 4.78 is 11.1. The zero-order valence-corrected chi connectivity index (χ0v) is 24.2. The highest BCUT2D eigenvalue weighted by molar-refractivity contribution is 5.75. The van der Waals surface area contributed by atoms with Gasteiger partial charge >= 0.3 is 5.97 Å². The van der Waals surface area contributed by atoms with Gasteiger partial charge in [-0.1, -0.05) is 89.4 Å². The summed E-state index contributed by atoms with van der Waals surface area (Å²) >= 11 is 0. The van der Waals surface area contributed by atoms with E-state index in [0.29, 0.717) is 12.2 Å². The molecule has 4 nitrogen and oxygen atoms in total. The van der Waals surface area contributed by atoms with Gasteiger partial charge in [0.15, 0.2) is 0 Å². The molecule has 4 heteroatoms. The number of carbonyl (C=O) groups is 1. The lowest BCUT2D eigenvalue weighted by Gasteiger charge is -2.34. The molecule has 0 spiro atoms. The third-order valence-corrected chi connectivity index (χ3v) is 8.27. The van der Waals surface area contributed by atoms with E-state index in [2.05, 4.69) is 78.0 Å². The van der Waals surface area contributed by atoms with Crippen LogP contribution in [0.3, 0.4) is 0 Å². The van der Waals surface area contributed by atoms with Gasteiger partial charge < -0.3 is 14.6 Å². The SMILES string of the molecule is CCCCCC(O)(C=Cc1ccc(C(CC)(CC)c2ccc(OCC3=CCC(=O)O3)c(C)c2)cc1C)CC. The molecule has 2 aromatic rings. The zero-order chi connectivity index (χ0) is 27.8. The molecule has 0 aromatic heterocycles. The van der Waals surface area contributed by atoms with Crippen molar-refractivity contribution in [1.29, 1.82) is 0 Å². The van der Waals surface area contributed by atoms with Crippen molar-refractivity contribution in [2.24, 2.45) is 0 Å². The van der Waals surface area contributed by atoms with Crippen LogP contribution in [0.1, 0.15) is 107 Å². The van der Waals surface area contributed by atoms with Crippen LogP contribution in [0.5, 0.6) is 5.75 Å². The van der Waals surface area contributed by atoms with E-state index in [-0.39, 0.29) is 18.0 Å². The molecule has 1 aliphatic heterocycles. The van der Waals surface area contributed by atoms with Gasteiger partial charge in [0.1, 0.15) is 18.1 Å². The van der Waals surface area contributed by atoms with Crippen LogP contribution in [0.2, 0.25) is 0 Å². The summed E-state index contributed by atoms with van der Waals surface area (Å²) in [5.74, 6) is 1.16. The van der Waals surface area contributed by atoms with E-state index in [0.717, 1.165) is 61.8 Å². The summed E-state index contributed by atoms with van der Waals surface area (Å²) in [7, 11) is 0. The number of cyclic esters (lactones) is 1. The lowest BCUT2D eigenvalue weighted by molar-refractivity contribution is -0.136. The van der Waals surface area contributed by atoms with Crippen LogP contribution < -0.4 is 4.74 Å². The van der Waals surface area contributed by atoms with Crippen molar-refractivity contribution >= 4 is 12.0 Å². The smallest absolute Gasteiger partial charge is 0.314 e. The average molecular weight is 519 g/mol.